The highest BCUT2D eigenvalue weighted by Gasteiger charge is 2.36. The normalized spacial score (nSPS) is 36.1. The molecule has 3 rings (SSSR count). The molecule has 3 fully saturated rings. The predicted octanol–water partition coefficient (Wildman–Crippen LogP) is 1.60. The van der Waals surface area contributed by atoms with Crippen LogP contribution >= 0.6 is 0 Å². The summed E-state index contributed by atoms with van der Waals surface area (Å²) in [6, 6.07) is 2.93. The van der Waals surface area contributed by atoms with Crippen molar-refractivity contribution >= 4 is 5.91 Å². The zero-order chi connectivity index (χ0) is 14.1. The van der Waals surface area contributed by atoms with Crippen molar-refractivity contribution in [2.75, 3.05) is 20.1 Å². The maximum Gasteiger partial charge on any atom is 0.219 e. The van der Waals surface area contributed by atoms with Crippen LogP contribution in [0.4, 0.5) is 0 Å². The van der Waals surface area contributed by atoms with E-state index in [4.69, 9.17) is 0 Å². The average molecular weight is 279 g/mol. The first-order valence-electron chi connectivity index (χ1n) is 8.37. The number of likely N-dealkylation sites (tertiary alicyclic amines) is 1. The number of carbonyl (C=O) groups excluding carboxylic acids is 1. The summed E-state index contributed by atoms with van der Waals surface area (Å²) in [5, 5.41) is 3.90. The molecular formula is C16H29N3O. The van der Waals surface area contributed by atoms with Gasteiger partial charge in [-0.1, -0.05) is 6.42 Å². The van der Waals surface area contributed by atoms with E-state index in [-0.39, 0.29) is 5.91 Å². The lowest BCUT2D eigenvalue weighted by Crippen LogP contribution is -2.57. The summed E-state index contributed by atoms with van der Waals surface area (Å²) in [6.45, 7) is 3.56. The first kappa shape index (κ1) is 14.3. The van der Waals surface area contributed by atoms with Crippen LogP contribution in [0.15, 0.2) is 0 Å². The molecule has 4 heteroatoms. The molecule has 0 aromatic heterocycles. The van der Waals surface area contributed by atoms with Gasteiger partial charge >= 0.3 is 0 Å². The molecule has 1 N–H and O–H groups in total. The molecule has 0 aromatic carbocycles. The van der Waals surface area contributed by atoms with Gasteiger partial charge in [0.2, 0.25) is 5.91 Å². The standard InChI is InChI=1S/C16H29N3O/c1-12(20)19-8-6-13(7-9-19)17-14-10-15-4-3-5-16(11-14)18(15)2/h13-17H,3-11H2,1-2H3. The Labute approximate surface area is 122 Å². The molecule has 0 aliphatic carbocycles. The fraction of sp³-hybridized carbons (Fsp3) is 0.938. The molecule has 3 saturated heterocycles. The summed E-state index contributed by atoms with van der Waals surface area (Å²) < 4.78 is 0. The summed E-state index contributed by atoms with van der Waals surface area (Å²) in [4.78, 5) is 16.0. The Bertz CT molecular complexity index is 338. The molecule has 0 spiro atoms. The Morgan fingerprint density at radius 1 is 1.00 bits per heavy atom. The van der Waals surface area contributed by atoms with Crippen LogP contribution in [0.5, 0.6) is 0 Å². The van der Waals surface area contributed by atoms with Crippen molar-refractivity contribution in [2.45, 2.75) is 76.0 Å². The Morgan fingerprint density at radius 3 is 2.15 bits per heavy atom. The summed E-state index contributed by atoms with van der Waals surface area (Å²) in [6.07, 6.45) is 9.08. The van der Waals surface area contributed by atoms with E-state index in [9.17, 15) is 4.79 Å². The molecule has 0 saturated carbocycles. The van der Waals surface area contributed by atoms with Crippen molar-refractivity contribution in [3.8, 4) is 0 Å². The third-order valence-electron chi connectivity index (χ3n) is 5.75. The van der Waals surface area contributed by atoms with E-state index in [1.54, 1.807) is 6.92 Å². The first-order chi connectivity index (χ1) is 9.63. The zero-order valence-corrected chi connectivity index (χ0v) is 13.0. The fourth-order valence-electron chi connectivity index (χ4n) is 4.45. The highest BCUT2D eigenvalue weighted by atomic mass is 16.2. The quantitative estimate of drug-likeness (QED) is 0.834. The van der Waals surface area contributed by atoms with E-state index in [1.165, 1.54) is 32.1 Å². The molecule has 3 aliphatic rings. The van der Waals surface area contributed by atoms with Crippen LogP contribution in [-0.2, 0) is 4.79 Å². The van der Waals surface area contributed by atoms with Crippen LogP contribution in [0, 0.1) is 0 Å². The zero-order valence-electron chi connectivity index (χ0n) is 13.0. The molecule has 1 amide bonds. The Morgan fingerprint density at radius 2 is 1.60 bits per heavy atom. The van der Waals surface area contributed by atoms with E-state index in [1.807, 2.05) is 4.90 Å². The van der Waals surface area contributed by atoms with E-state index in [0.717, 1.165) is 38.0 Å². The van der Waals surface area contributed by atoms with Gasteiger partial charge in [-0.15, -0.1) is 0 Å². The number of piperidine rings is 3. The van der Waals surface area contributed by atoms with Gasteiger partial charge in [-0.3, -0.25) is 4.79 Å². The van der Waals surface area contributed by atoms with Crippen LogP contribution in [-0.4, -0.2) is 60.0 Å². The lowest BCUT2D eigenvalue weighted by molar-refractivity contribution is -0.129. The smallest absolute Gasteiger partial charge is 0.219 e. The van der Waals surface area contributed by atoms with Gasteiger partial charge < -0.3 is 15.1 Å². The number of hydrogen-bond acceptors (Lipinski definition) is 3. The number of amides is 1. The Balaban J connectivity index is 1.49. The molecule has 0 radical (unpaired) electrons. The molecule has 3 aliphatic heterocycles. The fourth-order valence-corrected chi connectivity index (χ4v) is 4.45. The van der Waals surface area contributed by atoms with Gasteiger partial charge in [0.1, 0.15) is 0 Å². The highest BCUT2D eigenvalue weighted by molar-refractivity contribution is 5.73. The third-order valence-corrected chi connectivity index (χ3v) is 5.75. The second-order valence-electron chi connectivity index (χ2n) is 7.02. The van der Waals surface area contributed by atoms with E-state index in [0.29, 0.717) is 12.1 Å². The van der Waals surface area contributed by atoms with Gasteiger partial charge in [0, 0.05) is 44.2 Å². The van der Waals surface area contributed by atoms with Gasteiger partial charge in [-0.05, 0) is 45.6 Å². The van der Waals surface area contributed by atoms with Gasteiger partial charge in [0.05, 0.1) is 0 Å². The van der Waals surface area contributed by atoms with Crippen LogP contribution in [0.1, 0.15) is 51.9 Å². The number of fused-ring (bicyclic) bond motifs is 2. The first-order valence-corrected chi connectivity index (χ1v) is 8.37. The Hall–Kier alpha value is -0.610. The minimum Gasteiger partial charge on any atom is -0.343 e. The van der Waals surface area contributed by atoms with Crippen LogP contribution in [0.2, 0.25) is 0 Å². The van der Waals surface area contributed by atoms with Crippen LogP contribution in [0.3, 0.4) is 0 Å². The maximum atomic E-state index is 11.4. The molecule has 3 heterocycles. The lowest BCUT2D eigenvalue weighted by atomic mass is 9.82. The van der Waals surface area contributed by atoms with Gasteiger partial charge in [-0.25, -0.2) is 0 Å². The minimum atomic E-state index is 0.234. The monoisotopic (exact) mass is 279 g/mol. The molecular weight excluding hydrogens is 250 g/mol. The predicted molar refractivity (Wildman–Crippen MR) is 80.6 cm³/mol. The largest absolute Gasteiger partial charge is 0.343 e. The lowest BCUT2D eigenvalue weighted by Gasteiger charge is -2.48. The second kappa shape index (κ2) is 6.02. The van der Waals surface area contributed by atoms with Crippen molar-refractivity contribution in [1.29, 1.82) is 0 Å². The highest BCUT2D eigenvalue weighted by Crippen LogP contribution is 2.33. The van der Waals surface area contributed by atoms with Crippen molar-refractivity contribution in [3.05, 3.63) is 0 Å². The van der Waals surface area contributed by atoms with Gasteiger partial charge in [0.15, 0.2) is 0 Å². The van der Waals surface area contributed by atoms with Gasteiger partial charge in [-0.2, -0.15) is 0 Å². The average Bonchev–Trinajstić information content (AvgIpc) is 2.40. The molecule has 2 atom stereocenters. The molecule has 20 heavy (non-hydrogen) atoms. The second-order valence-corrected chi connectivity index (χ2v) is 7.02. The number of rotatable bonds is 2. The number of nitrogens with one attached hydrogen (secondary N) is 1. The van der Waals surface area contributed by atoms with Crippen LogP contribution in [0.25, 0.3) is 0 Å². The number of nitrogens with zero attached hydrogens (tertiary/aromatic N) is 2. The SMILES string of the molecule is CC(=O)N1CCC(NC2CC3CCCC(C2)N3C)CC1. The topological polar surface area (TPSA) is 35.6 Å². The summed E-state index contributed by atoms with van der Waals surface area (Å²) in [7, 11) is 2.32. The van der Waals surface area contributed by atoms with Crippen molar-refractivity contribution in [1.82, 2.24) is 15.1 Å². The van der Waals surface area contributed by atoms with Crippen molar-refractivity contribution < 1.29 is 4.79 Å². The summed E-state index contributed by atoms with van der Waals surface area (Å²) in [5.74, 6) is 0.234. The molecule has 2 bridgehead atoms. The molecule has 4 nitrogen and oxygen atoms in total. The van der Waals surface area contributed by atoms with Crippen molar-refractivity contribution in [2.24, 2.45) is 0 Å². The van der Waals surface area contributed by atoms with E-state index in [2.05, 4.69) is 17.3 Å². The van der Waals surface area contributed by atoms with Gasteiger partial charge in [0.25, 0.3) is 0 Å². The summed E-state index contributed by atoms with van der Waals surface area (Å²) in [5.41, 5.74) is 0. The number of hydrogen-bond donors (Lipinski definition) is 1. The molecule has 0 aromatic rings. The van der Waals surface area contributed by atoms with Crippen LogP contribution < -0.4 is 5.32 Å². The number of carbonyl (C=O) groups is 1. The van der Waals surface area contributed by atoms with E-state index < -0.39 is 0 Å². The third kappa shape index (κ3) is 3.01. The molecule has 2 unspecified atom stereocenters. The Kier molecular flexibility index (Phi) is 4.32. The molecule has 114 valence electrons. The van der Waals surface area contributed by atoms with Crippen molar-refractivity contribution in [3.63, 3.8) is 0 Å². The summed E-state index contributed by atoms with van der Waals surface area (Å²) >= 11 is 0. The van der Waals surface area contributed by atoms with E-state index >= 15 is 0 Å². The minimum absolute atomic E-state index is 0.234. The maximum absolute atomic E-state index is 11.4.